The van der Waals surface area contributed by atoms with Gasteiger partial charge in [-0.15, -0.1) is 0 Å². The summed E-state index contributed by atoms with van der Waals surface area (Å²) in [5.41, 5.74) is 3.64. The minimum atomic E-state index is 0.824. The molecule has 0 saturated carbocycles. The van der Waals surface area contributed by atoms with Crippen LogP contribution < -0.4 is 10.2 Å². The zero-order valence-corrected chi connectivity index (χ0v) is 15.0. The Labute approximate surface area is 144 Å². The van der Waals surface area contributed by atoms with Gasteiger partial charge in [-0.25, -0.2) is 4.98 Å². The fourth-order valence-corrected chi connectivity index (χ4v) is 3.21. The molecule has 1 fully saturated rings. The Kier molecular flexibility index (Phi) is 5.66. The number of aryl methyl sites for hydroxylation is 1. The number of fused-ring (bicyclic) bond motifs is 1. The van der Waals surface area contributed by atoms with Crippen molar-refractivity contribution in [1.82, 2.24) is 15.2 Å². The van der Waals surface area contributed by atoms with Gasteiger partial charge < -0.3 is 15.0 Å². The third-order valence-corrected chi connectivity index (χ3v) is 4.66. The van der Waals surface area contributed by atoms with Crippen molar-refractivity contribution in [3.05, 3.63) is 35.4 Å². The first-order chi connectivity index (χ1) is 11.7. The van der Waals surface area contributed by atoms with Crippen molar-refractivity contribution >= 4 is 16.7 Å². The van der Waals surface area contributed by atoms with Crippen molar-refractivity contribution in [2.75, 3.05) is 58.4 Å². The van der Waals surface area contributed by atoms with Crippen molar-refractivity contribution in [3.63, 3.8) is 0 Å². The molecule has 1 aliphatic rings. The lowest BCUT2D eigenvalue weighted by atomic mass is 10.1. The van der Waals surface area contributed by atoms with Gasteiger partial charge in [-0.1, -0.05) is 18.2 Å². The van der Waals surface area contributed by atoms with Gasteiger partial charge in [-0.05, 0) is 25.6 Å². The molecule has 0 amide bonds. The van der Waals surface area contributed by atoms with Gasteiger partial charge in [-0.2, -0.15) is 0 Å². The summed E-state index contributed by atoms with van der Waals surface area (Å²) in [6, 6.07) is 8.72. The van der Waals surface area contributed by atoms with Crippen LogP contribution in [0.4, 0.5) is 5.82 Å². The van der Waals surface area contributed by atoms with Crippen LogP contribution in [0.1, 0.15) is 11.1 Å². The zero-order valence-electron chi connectivity index (χ0n) is 15.0. The number of likely N-dealkylation sites (N-methyl/N-ethyl adjacent to an activating group) is 2. The number of hydrogen-bond acceptors (Lipinski definition) is 5. The van der Waals surface area contributed by atoms with Crippen LogP contribution in [0.15, 0.2) is 24.3 Å². The maximum absolute atomic E-state index is 5.48. The number of rotatable bonds is 6. The van der Waals surface area contributed by atoms with Crippen LogP contribution in [-0.4, -0.2) is 63.4 Å². The molecule has 24 heavy (non-hydrogen) atoms. The molecule has 2 heterocycles. The number of morpholine rings is 1. The minimum absolute atomic E-state index is 0.824. The normalized spacial score (nSPS) is 15.8. The Balaban J connectivity index is 1.96. The SMILES string of the molecule is CNCCN(C)c1nc2c(C)cccc2cc1CN1CCOCC1. The monoisotopic (exact) mass is 328 g/mol. The third-order valence-electron chi connectivity index (χ3n) is 4.66. The third kappa shape index (κ3) is 3.86. The lowest BCUT2D eigenvalue weighted by Gasteiger charge is -2.29. The summed E-state index contributed by atoms with van der Waals surface area (Å²) in [6.45, 7) is 8.58. The summed E-state index contributed by atoms with van der Waals surface area (Å²) in [5, 5.41) is 4.45. The number of benzene rings is 1. The lowest BCUT2D eigenvalue weighted by Crippen LogP contribution is -2.36. The summed E-state index contributed by atoms with van der Waals surface area (Å²) >= 11 is 0. The molecular formula is C19H28N4O. The zero-order chi connectivity index (χ0) is 16.9. The largest absolute Gasteiger partial charge is 0.379 e. The van der Waals surface area contributed by atoms with Crippen LogP contribution in [0, 0.1) is 6.92 Å². The summed E-state index contributed by atoms with van der Waals surface area (Å²) in [5.74, 6) is 1.10. The second-order valence-electron chi connectivity index (χ2n) is 6.53. The van der Waals surface area contributed by atoms with Crippen molar-refractivity contribution in [2.24, 2.45) is 0 Å². The van der Waals surface area contributed by atoms with E-state index in [0.717, 1.165) is 57.3 Å². The van der Waals surface area contributed by atoms with Gasteiger partial charge >= 0.3 is 0 Å². The predicted octanol–water partition coefficient (Wildman–Crippen LogP) is 2.03. The van der Waals surface area contributed by atoms with E-state index >= 15 is 0 Å². The highest BCUT2D eigenvalue weighted by molar-refractivity contribution is 5.84. The Morgan fingerprint density at radius 3 is 2.83 bits per heavy atom. The lowest BCUT2D eigenvalue weighted by molar-refractivity contribution is 0.0342. The highest BCUT2D eigenvalue weighted by Gasteiger charge is 2.17. The topological polar surface area (TPSA) is 40.6 Å². The summed E-state index contributed by atoms with van der Waals surface area (Å²) < 4.78 is 5.48. The second-order valence-corrected chi connectivity index (χ2v) is 6.53. The van der Waals surface area contributed by atoms with Crippen LogP contribution in [-0.2, 0) is 11.3 Å². The van der Waals surface area contributed by atoms with Crippen LogP contribution in [0.25, 0.3) is 10.9 Å². The van der Waals surface area contributed by atoms with E-state index in [1.807, 2.05) is 7.05 Å². The van der Waals surface area contributed by atoms with Crippen LogP contribution in [0.5, 0.6) is 0 Å². The van der Waals surface area contributed by atoms with Crippen molar-refractivity contribution in [3.8, 4) is 0 Å². The number of anilines is 1. The van der Waals surface area contributed by atoms with Gasteiger partial charge in [-0.3, -0.25) is 4.90 Å². The molecule has 130 valence electrons. The van der Waals surface area contributed by atoms with E-state index in [1.165, 1.54) is 16.5 Å². The van der Waals surface area contributed by atoms with Gasteiger partial charge in [0, 0.05) is 50.7 Å². The van der Waals surface area contributed by atoms with Crippen LogP contribution in [0.2, 0.25) is 0 Å². The van der Waals surface area contributed by atoms with Crippen molar-refractivity contribution in [1.29, 1.82) is 0 Å². The van der Waals surface area contributed by atoms with Gasteiger partial charge in [0.2, 0.25) is 0 Å². The van der Waals surface area contributed by atoms with E-state index in [2.05, 4.69) is 53.4 Å². The molecule has 1 aliphatic heterocycles. The maximum Gasteiger partial charge on any atom is 0.133 e. The first kappa shape index (κ1) is 17.1. The molecule has 0 bridgehead atoms. The van der Waals surface area contributed by atoms with Crippen LogP contribution in [0.3, 0.4) is 0 Å². The maximum atomic E-state index is 5.48. The number of hydrogen-bond donors (Lipinski definition) is 1. The molecule has 3 rings (SSSR count). The van der Waals surface area contributed by atoms with E-state index in [9.17, 15) is 0 Å². The molecule has 1 aromatic heterocycles. The predicted molar refractivity (Wildman–Crippen MR) is 99.8 cm³/mol. The van der Waals surface area contributed by atoms with E-state index < -0.39 is 0 Å². The molecule has 0 atom stereocenters. The van der Waals surface area contributed by atoms with E-state index in [-0.39, 0.29) is 0 Å². The second kappa shape index (κ2) is 7.92. The van der Waals surface area contributed by atoms with Crippen molar-refractivity contribution < 1.29 is 4.74 Å². The molecule has 1 saturated heterocycles. The Morgan fingerprint density at radius 2 is 2.08 bits per heavy atom. The van der Waals surface area contributed by atoms with Crippen molar-refractivity contribution in [2.45, 2.75) is 13.5 Å². The average Bonchev–Trinajstić information content (AvgIpc) is 2.60. The number of nitrogens with zero attached hydrogens (tertiary/aromatic N) is 3. The molecule has 5 nitrogen and oxygen atoms in total. The first-order valence-corrected chi connectivity index (χ1v) is 8.74. The molecule has 0 aliphatic carbocycles. The fourth-order valence-electron chi connectivity index (χ4n) is 3.21. The van der Waals surface area contributed by atoms with Gasteiger partial charge in [0.15, 0.2) is 0 Å². The van der Waals surface area contributed by atoms with Gasteiger partial charge in [0.05, 0.1) is 18.7 Å². The first-order valence-electron chi connectivity index (χ1n) is 8.74. The molecule has 0 radical (unpaired) electrons. The quantitative estimate of drug-likeness (QED) is 0.879. The average molecular weight is 328 g/mol. The highest BCUT2D eigenvalue weighted by Crippen LogP contribution is 2.26. The van der Waals surface area contributed by atoms with E-state index in [4.69, 9.17) is 9.72 Å². The summed E-state index contributed by atoms with van der Waals surface area (Å²) in [7, 11) is 4.12. The molecule has 2 aromatic rings. The number of nitrogens with one attached hydrogen (secondary N) is 1. The Hall–Kier alpha value is -1.69. The van der Waals surface area contributed by atoms with E-state index in [1.54, 1.807) is 0 Å². The van der Waals surface area contributed by atoms with Gasteiger partial charge in [0.1, 0.15) is 5.82 Å². The molecule has 5 heteroatoms. The minimum Gasteiger partial charge on any atom is -0.379 e. The smallest absolute Gasteiger partial charge is 0.133 e. The summed E-state index contributed by atoms with van der Waals surface area (Å²) in [6.07, 6.45) is 0. The molecular weight excluding hydrogens is 300 g/mol. The Bertz CT molecular complexity index is 682. The molecule has 1 N–H and O–H groups in total. The number of para-hydroxylation sites is 1. The Morgan fingerprint density at radius 1 is 1.29 bits per heavy atom. The summed E-state index contributed by atoms with van der Waals surface area (Å²) in [4.78, 5) is 9.75. The number of ether oxygens (including phenoxy) is 1. The standard InChI is InChI=1S/C19H28N4O/c1-15-5-4-6-16-13-17(14-23-9-11-24-12-10-23)19(21-18(15)16)22(3)8-7-20-2/h4-6,13,20H,7-12,14H2,1-3H3. The molecule has 0 unspecified atom stereocenters. The fraction of sp³-hybridized carbons (Fsp3) is 0.526. The van der Waals surface area contributed by atoms with Gasteiger partial charge in [0.25, 0.3) is 0 Å². The number of pyridine rings is 1. The van der Waals surface area contributed by atoms with Crippen LogP contribution >= 0.6 is 0 Å². The molecule has 0 spiro atoms. The van der Waals surface area contributed by atoms with E-state index in [0.29, 0.717) is 0 Å². The molecule has 1 aromatic carbocycles. The number of aromatic nitrogens is 1. The highest BCUT2D eigenvalue weighted by atomic mass is 16.5.